The molecular weight excluding hydrogens is 467 g/mol. The number of ether oxygens (including phenoxy) is 1. The lowest BCUT2D eigenvalue weighted by Gasteiger charge is -2.35. The number of nitrogens with zero attached hydrogens (tertiary/aromatic N) is 6. The van der Waals surface area contributed by atoms with Crippen LogP contribution < -0.4 is 10.6 Å². The molecule has 0 unspecified atom stereocenters. The Morgan fingerprint density at radius 1 is 1.06 bits per heavy atom. The van der Waals surface area contributed by atoms with Crippen LogP contribution in [-0.2, 0) is 22.3 Å². The van der Waals surface area contributed by atoms with Gasteiger partial charge in [-0.2, -0.15) is 13.2 Å². The molecule has 4 rings (SSSR count). The van der Waals surface area contributed by atoms with Crippen molar-refractivity contribution in [3.8, 4) is 0 Å². The van der Waals surface area contributed by atoms with Crippen LogP contribution in [0.15, 0.2) is 36.5 Å². The largest absolute Gasteiger partial charge is 0.417 e. The van der Waals surface area contributed by atoms with Crippen LogP contribution in [0.25, 0.3) is 11.0 Å². The molecule has 1 saturated heterocycles. The Morgan fingerprint density at radius 2 is 1.83 bits per heavy atom. The van der Waals surface area contributed by atoms with E-state index < -0.39 is 17.6 Å². The summed E-state index contributed by atoms with van der Waals surface area (Å²) < 4.78 is 45.3. The summed E-state index contributed by atoms with van der Waals surface area (Å²) in [6.45, 7) is 2.81. The Labute approximate surface area is 198 Å². The van der Waals surface area contributed by atoms with Crippen LogP contribution in [0.3, 0.4) is 0 Å². The Balaban J connectivity index is 1.18. The highest BCUT2D eigenvalue weighted by Crippen LogP contribution is 2.29. The summed E-state index contributed by atoms with van der Waals surface area (Å²) in [5, 5.41) is 8.08. The molecule has 10 nitrogen and oxygen atoms in total. The van der Waals surface area contributed by atoms with Gasteiger partial charge in [0.1, 0.15) is 11.3 Å². The molecule has 0 spiro atoms. The molecule has 3 heterocycles. The van der Waals surface area contributed by atoms with Gasteiger partial charge in [-0.3, -0.25) is 9.59 Å². The number of hydrogen-bond donors (Lipinski definition) is 1. The monoisotopic (exact) mass is 491 g/mol. The van der Waals surface area contributed by atoms with E-state index in [4.69, 9.17) is 10.5 Å². The van der Waals surface area contributed by atoms with Crippen molar-refractivity contribution in [3.63, 3.8) is 0 Å². The van der Waals surface area contributed by atoms with Crippen molar-refractivity contribution in [1.82, 2.24) is 24.9 Å². The predicted molar refractivity (Wildman–Crippen MR) is 120 cm³/mol. The van der Waals surface area contributed by atoms with Gasteiger partial charge in [0.05, 0.1) is 37.3 Å². The van der Waals surface area contributed by atoms with Gasteiger partial charge in [0.25, 0.3) is 0 Å². The summed E-state index contributed by atoms with van der Waals surface area (Å²) in [5.41, 5.74) is 6.19. The molecule has 0 atom stereocenters. The van der Waals surface area contributed by atoms with Crippen LogP contribution in [0.2, 0.25) is 0 Å². The van der Waals surface area contributed by atoms with Crippen LogP contribution in [0, 0.1) is 0 Å². The highest BCUT2D eigenvalue weighted by Gasteiger charge is 2.31. The molecule has 0 saturated carbocycles. The zero-order valence-electron chi connectivity index (χ0n) is 18.7. The number of anilines is 1. The number of pyridine rings is 1. The van der Waals surface area contributed by atoms with Crippen molar-refractivity contribution in [1.29, 1.82) is 0 Å². The van der Waals surface area contributed by atoms with Crippen LogP contribution in [0.4, 0.5) is 19.0 Å². The lowest BCUT2D eigenvalue weighted by atomic mass is 10.2. The Hall–Kier alpha value is -3.74. The van der Waals surface area contributed by atoms with Crippen LogP contribution >= 0.6 is 0 Å². The number of benzene rings is 1. The fraction of sp³-hybridized carbons (Fsp3) is 0.409. The van der Waals surface area contributed by atoms with Crippen molar-refractivity contribution in [2.45, 2.75) is 19.1 Å². The molecule has 0 bridgehead atoms. The van der Waals surface area contributed by atoms with E-state index in [1.807, 2.05) is 4.90 Å². The molecule has 2 N–H and O–H groups in total. The smallest absolute Gasteiger partial charge is 0.379 e. The number of carbonyl (C=O) groups excluding carboxylic acids is 2. The maximum Gasteiger partial charge on any atom is 0.417 e. The molecule has 1 aromatic carbocycles. The molecule has 1 aliphatic rings. The standard InChI is InChI=1S/C22H24F3N7O3/c23-22(24,25)16-2-4-19(27-14-16)30-6-8-31(9-7-30)20(33)5-11-35-12-10-32-18-13-15(21(26)34)1-3-17(18)28-29-32/h1-4,13-14H,5-12H2,(H2,26,34). The minimum absolute atomic E-state index is 0.0534. The van der Waals surface area contributed by atoms with Gasteiger partial charge >= 0.3 is 6.18 Å². The fourth-order valence-electron chi connectivity index (χ4n) is 3.78. The second-order valence-corrected chi connectivity index (χ2v) is 8.01. The summed E-state index contributed by atoms with van der Waals surface area (Å²) >= 11 is 0. The van der Waals surface area contributed by atoms with Crippen LogP contribution in [0.1, 0.15) is 22.3 Å². The van der Waals surface area contributed by atoms with Crippen molar-refractivity contribution in [2.24, 2.45) is 5.73 Å². The van der Waals surface area contributed by atoms with E-state index in [9.17, 15) is 22.8 Å². The number of carbonyl (C=O) groups is 2. The van der Waals surface area contributed by atoms with E-state index >= 15 is 0 Å². The minimum atomic E-state index is -4.42. The number of nitrogens with two attached hydrogens (primary N) is 1. The molecule has 3 aromatic rings. The number of amides is 2. The molecule has 1 fully saturated rings. The minimum Gasteiger partial charge on any atom is -0.379 e. The number of aromatic nitrogens is 4. The average molecular weight is 491 g/mol. The van der Waals surface area contributed by atoms with Gasteiger partial charge in [0.15, 0.2) is 0 Å². The first-order chi connectivity index (χ1) is 16.7. The number of primary amides is 1. The molecule has 13 heteroatoms. The van der Waals surface area contributed by atoms with E-state index in [-0.39, 0.29) is 18.9 Å². The molecule has 35 heavy (non-hydrogen) atoms. The number of halogens is 3. The van der Waals surface area contributed by atoms with E-state index in [1.54, 1.807) is 27.8 Å². The zero-order chi connectivity index (χ0) is 25.0. The summed E-state index contributed by atoms with van der Waals surface area (Å²) in [6.07, 6.45) is -3.39. The van der Waals surface area contributed by atoms with E-state index in [2.05, 4.69) is 15.3 Å². The number of hydrogen-bond acceptors (Lipinski definition) is 7. The predicted octanol–water partition coefficient (Wildman–Crippen LogP) is 1.70. The third-order valence-corrected chi connectivity index (χ3v) is 5.74. The molecule has 0 radical (unpaired) electrons. The summed E-state index contributed by atoms with van der Waals surface area (Å²) in [4.78, 5) is 31.3. The van der Waals surface area contributed by atoms with E-state index in [0.717, 1.165) is 12.3 Å². The van der Waals surface area contributed by atoms with Crippen molar-refractivity contribution in [3.05, 3.63) is 47.7 Å². The second kappa shape index (κ2) is 10.3. The van der Waals surface area contributed by atoms with Gasteiger partial charge in [-0.15, -0.1) is 5.10 Å². The molecule has 2 aromatic heterocycles. The van der Waals surface area contributed by atoms with Gasteiger partial charge < -0.3 is 20.3 Å². The van der Waals surface area contributed by atoms with Crippen LogP contribution in [-0.4, -0.2) is 76.1 Å². The highest BCUT2D eigenvalue weighted by molar-refractivity contribution is 5.96. The zero-order valence-corrected chi connectivity index (χ0v) is 18.7. The normalized spacial score (nSPS) is 14.5. The van der Waals surface area contributed by atoms with Gasteiger partial charge in [-0.25, -0.2) is 9.67 Å². The SMILES string of the molecule is NC(=O)c1ccc2nnn(CCOCCC(=O)N3CCN(c4ccc(C(F)(F)F)cn4)CC3)c2c1. The van der Waals surface area contributed by atoms with Crippen molar-refractivity contribution >= 4 is 28.7 Å². The van der Waals surface area contributed by atoms with Gasteiger partial charge in [0.2, 0.25) is 11.8 Å². The Morgan fingerprint density at radius 3 is 2.49 bits per heavy atom. The third kappa shape index (κ3) is 5.85. The van der Waals surface area contributed by atoms with E-state index in [1.165, 1.54) is 6.07 Å². The lowest BCUT2D eigenvalue weighted by Crippen LogP contribution is -2.49. The molecule has 186 valence electrons. The molecule has 1 aliphatic heterocycles. The fourth-order valence-corrected chi connectivity index (χ4v) is 3.78. The van der Waals surface area contributed by atoms with Gasteiger partial charge in [-0.1, -0.05) is 5.21 Å². The lowest BCUT2D eigenvalue weighted by molar-refractivity contribution is -0.138. The number of alkyl halides is 3. The van der Waals surface area contributed by atoms with E-state index in [0.29, 0.717) is 61.7 Å². The second-order valence-electron chi connectivity index (χ2n) is 8.01. The summed E-state index contributed by atoms with van der Waals surface area (Å²) in [5.74, 6) is -0.134. The van der Waals surface area contributed by atoms with Crippen molar-refractivity contribution in [2.75, 3.05) is 44.3 Å². The maximum atomic E-state index is 12.7. The summed E-state index contributed by atoms with van der Waals surface area (Å²) in [7, 11) is 0. The van der Waals surface area contributed by atoms with Gasteiger partial charge in [0, 0.05) is 37.9 Å². The quantitative estimate of drug-likeness (QED) is 0.477. The molecule has 0 aliphatic carbocycles. The third-order valence-electron chi connectivity index (χ3n) is 5.74. The molecular formula is C22H24F3N7O3. The topological polar surface area (TPSA) is 119 Å². The Bertz CT molecular complexity index is 1190. The average Bonchev–Trinajstić information content (AvgIpc) is 3.25. The first kappa shape index (κ1) is 24.4. The maximum absolute atomic E-state index is 12.7. The molecule has 2 amide bonds. The first-order valence-corrected chi connectivity index (χ1v) is 11.0. The number of rotatable bonds is 8. The number of fused-ring (bicyclic) bond motifs is 1. The Kier molecular flexibility index (Phi) is 7.15. The van der Waals surface area contributed by atoms with Gasteiger partial charge in [-0.05, 0) is 30.3 Å². The van der Waals surface area contributed by atoms with Crippen LogP contribution in [0.5, 0.6) is 0 Å². The highest BCUT2D eigenvalue weighted by atomic mass is 19.4. The number of piperazine rings is 1. The first-order valence-electron chi connectivity index (χ1n) is 11.0. The van der Waals surface area contributed by atoms with Crippen molar-refractivity contribution < 1.29 is 27.5 Å². The summed E-state index contributed by atoms with van der Waals surface area (Å²) in [6, 6.07) is 7.25.